The van der Waals surface area contributed by atoms with E-state index in [1.807, 2.05) is 31.2 Å². The van der Waals surface area contributed by atoms with Crippen LogP contribution in [0.2, 0.25) is 0 Å². The van der Waals surface area contributed by atoms with Gasteiger partial charge in [0.1, 0.15) is 5.69 Å². The summed E-state index contributed by atoms with van der Waals surface area (Å²) >= 11 is 0. The van der Waals surface area contributed by atoms with Crippen molar-refractivity contribution in [2.24, 2.45) is 0 Å². The van der Waals surface area contributed by atoms with Gasteiger partial charge < -0.3 is 11.1 Å². The molecule has 1 amide bonds. The number of amides is 1. The average Bonchev–Trinajstić information content (AvgIpc) is 2.63. The van der Waals surface area contributed by atoms with Gasteiger partial charge in [-0.2, -0.15) is 0 Å². The summed E-state index contributed by atoms with van der Waals surface area (Å²) < 4.78 is 0. The summed E-state index contributed by atoms with van der Waals surface area (Å²) in [5.74, 6) is 0.279. The second-order valence-corrected chi connectivity index (χ2v) is 5.35. The fraction of sp³-hybridized carbons (Fsp3) is 0.111. The highest BCUT2D eigenvalue weighted by molar-refractivity contribution is 5.93. The van der Waals surface area contributed by atoms with Crippen LogP contribution in [0.15, 0.2) is 48.8 Å². The largest absolute Gasteiger partial charge is 0.399 e. The molecule has 0 bridgehead atoms. The molecule has 3 aromatic rings. The number of pyridine rings is 1. The maximum Gasteiger partial charge on any atom is 0.269 e. The normalized spacial score (nSPS) is 10.4. The van der Waals surface area contributed by atoms with E-state index >= 15 is 0 Å². The van der Waals surface area contributed by atoms with Gasteiger partial charge >= 0.3 is 0 Å². The van der Waals surface area contributed by atoms with Crippen molar-refractivity contribution < 1.29 is 4.79 Å². The first kappa shape index (κ1) is 15.6. The van der Waals surface area contributed by atoms with Crippen LogP contribution in [0.1, 0.15) is 16.1 Å². The van der Waals surface area contributed by atoms with E-state index in [4.69, 9.17) is 5.73 Å². The van der Waals surface area contributed by atoms with Gasteiger partial charge in [0, 0.05) is 36.3 Å². The number of nitrogens with one attached hydrogen (secondary N) is 1. The van der Waals surface area contributed by atoms with Crippen LogP contribution in [0.25, 0.3) is 22.6 Å². The molecule has 24 heavy (non-hydrogen) atoms. The van der Waals surface area contributed by atoms with E-state index in [0.29, 0.717) is 17.2 Å². The zero-order valence-electron chi connectivity index (χ0n) is 13.4. The molecular weight excluding hydrogens is 302 g/mol. The van der Waals surface area contributed by atoms with E-state index in [1.54, 1.807) is 31.6 Å². The van der Waals surface area contributed by atoms with E-state index < -0.39 is 0 Å². The van der Waals surface area contributed by atoms with Crippen LogP contribution in [-0.2, 0) is 0 Å². The van der Waals surface area contributed by atoms with Crippen LogP contribution in [0.3, 0.4) is 0 Å². The SMILES string of the molecule is CNC(=O)c1cc(-c2nccc(-c3cc(N)ccc3C)n2)ccn1. The third-order valence-electron chi connectivity index (χ3n) is 3.67. The van der Waals surface area contributed by atoms with Crippen LogP contribution >= 0.6 is 0 Å². The molecule has 0 saturated heterocycles. The van der Waals surface area contributed by atoms with Crippen molar-refractivity contribution in [1.29, 1.82) is 0 Å². The van der Waals surface area contributed by atoms with E-state index in [9.17, 15) is 4.79 Å². The number of benzene rings is 1. The number of aryl methyl sites for hydroxylation is 1. The Kier molecular flexibility index (Phi) is 4.20. The number of carbonyl (C=O) groups is 1. The lowest BCUT2D eigenvalue weighted by Crippen LogP contribution is -2.19. The fourth-order valence-electron chi connectivity index (χ4n) is 2.39. The molecule has 0 aliphatic rings. The van der Waals surface area contributed by atoms with E-state index in [0.717, 1.165) is 22.4 Å². The number of nitrogens with zero attached hydrogens (tertiary/aromatic N) is 3. The first-order chi connectivity index (χ1) is 11.6. The highest BCUT2D eigenvalue weighted by atomic mass is 16.1. The van der Waals surface area contributed by atoms with Crippen LogP contribution in [0.4, 0.5) is 5.69 Å². The van der Waals surface area contributed by atoms with Crippen molar-refractivity contribution in [2.45, 2.75) is 6.92 Å². The number of nitrogen functional groups attached to an aromatic ring is 1. The van der Waals surface area contributed by atoms with Gasteiger partial charge in [0.05, 0.1) is 5.69 Å². The standard InChI is InChI=1S/C18H17N5O/c1-11-3-4-13(19)10-14(11)15-6-8-22-17(23-15)12-5-7-21-16(9-12)18(24)20-2/h3-10H,19H2,1-2H3,(H,20,24). The minimum atomic E-state index is -0.250. The Balaban J connectivity index is 2.05. The Hall–Kier alpha value is -3.28. The van der Waals surface area contributed by atoms with Crippen molar-refractivity contribution in [3.8, 4) is 22.6 Å². The Bertz CT molecular complexity index is 907. The number of carbonyl (C=O) groups excluding carboxylic acids is 1. The maximum absolute atomic E-state index is 11.7. The third-order valence-corrected chi connectivity index (χ3v) is 3.67. The number of anilines is 1. The molecule has 0 aliphatic heterocycles. The smallest absolute Gasteiger partial charge is 0.269 e. The quantitative estimate of drug-likeness (QED) is 0.723. The number of hydrogen-bond acceptors (Lipinski definition) is 5. The van der Waals surface area contributed by atoms with Gasteiger partial charge in [0.2, 0.25) is 0 Å². The summed E-state index contributed by atoms with van der Waals surface area (Å²) in [5.41, 5.74) is 10.4. The zero-order chi connectivity index (χ0) is 17.1. The lowest BCUT2D eigenvalue weighted by molar-refractivity contribution is 0.0958. The molecule has 0 atom stereocenters. The van der Waals surface area contributed by atoms with Crippen molar-refractivity contribution in [1.82, 2.24) is 20.3 Å². The molecule has 120 valence electrons. The Morgan fingerprint density at radius 2 is 1.88 bits per heavy atom. The molecule has 3 rings (SSSR count). The van der Waals surface area contributed by atoms with Crippen LogP contribution in [-0.4, -0.2) is 27.9 Å². The number of nitrogens with two attached hydrogens (primary N) is 1. The Morgan fingerprint density at radius 1 is 1.08 bits per heavy atom. The summed E-state index contributed by atoms with van der Waals surface area (Å²) in [6, 6.07) is 11.0. The molecule has 6 nitrogen and oxygen atoms in total. The molecule has 2 heterocycles. The maximum atomic E-state index is 11.7. The summed E-state index contributed by atoms with van der Waals surface area (Å²) in [5, 5.41) is 2.55. The molecule has 0 spiro atoms. The number of hydrogen-bond donors (Lipinski definition) is 2. The van der Waals surface area contributed by atoms with Crippen LogP contribution in [0.5, 0.6) is 0 Å². The first-order valence-corrected chi connectivity index (χ1v) is 7.46. The highest BCUT2D eigenvalue weighted by Gasteiger charge is 2.10. The molecule has 0 fully saturated rings. The van der Waals surface area contributed by atoms with Crippen molar-refractivity contribution in [3.63, 3.8) is 0 Å². The third kappa shape index (κ3) is 3.08. The molecule has 0 unspecified atom stereocenters. The molecule has 0 saturated carbocycles. The van der Waals surface area contributed by atoms with E-state index in [2.05, 4.69) is 20.3 Å². The topological polar surface area (TPSA) is 93.8 Å². The van der Waals surface area contributed by atoms with Crippen LogP contribution < -0.4 is 11.1 Å². The van der Waals surface area contributed by atoms with E-state index in [-0.39, 0.29) is 5.91 Å². The summed E-state index contributed by atoms with van der Waals surface area (Å²) in [7, 11) is 1.57. The van der Waals surface area contributed by atoms with Crippen molar-refractivity contribution in [3.05, 3.63) is 60.0 Å². The lowest BCUT2D eigenvalue weighted by Gasteiger charge is -2.08. The molecule has 1 aromatic carbocycles. The minimum Gasteiger partial charge on any atom is -0.399 e. The second-order valence-electron chi connectivity index (χ2n) is 5.35. The lowest BCUT2D eigenvalue weighted by atomic mass is 10.0. The molecule has 0 radical (unpaired) electrons. The summed E-state index contributed by atoms with van der Waals surface area (Å²) in [6.07, 6.45) is 3.27. The first-order valence-electron chi connectivity index (χ1n) is 7.46. The predicted octanol–water partition coefficient (Wildman–Crippen LogP) is 2.46. The zero-order valence-corrected chi connectivity index (χ0v) is 13.4. The fourth-order valence-corrected chi connectivity index (χ4v) is 2.39. The molecule has 6 heteroatoms. The monoisotopic (exact) mass is 319 g/mol. The van der Waals surface area contributed by atoms with E-state index in [1.165, 1.54) is 0 Å². The van der Waals surface area contributed by atoms with Crippen molar-refractivity contribution in [2.75, 3.05) is 12.8 Å². The summed E-state index contributed by atoms with van der Waals surface area (Å²) in [4.78, 5) is 24.7. The van der Waals surface area contributed by atoms with Gasteiger partial charge in [-0.15, -0.1) is 0 Å². The average molecular weight is 319 g/mol. The van der Waals surface area contributed by atoms with Gasteiger partial charge in [-0.25, -0.2) is 9.97 Å². The molecule has 0 aliphatic carbocycles. The van der Waals surface area contributed by atoms with Gasteiger partial charge in [0.25, 0.3) is 5.91 Å². The van der Waals surface area contributed by atoms with Gasteiger partial charge in [0.15, 0.2) is 5.82 Å². The Labute approximate surface area is 139 Å². The molecule has 2 aromatic heterocycles. The molecular formula is C18H17N5O. The Morgan fingerprint density at radius 3 is 2.67 bits per heavy atom. The second kappa shape index (κ2) is 6.45. The van der Waals surface area contributed by atoms with Gasteiger partial charge in [-0.1, -0.05) is 6.07 Å². The summed E-state index contributed by atoms with van der Waals surface area (Å²) in [6.45, 7) is 2.01. The highest BCUT2D eigenvalue weighted by Crippen LogP contribution is 2.25. The predicted molar refractivity (Wildman–Crippen MR) is 93.2 cm³/mol. The minimum absolute atomic E-state index is 0.250. The number of aromatic nitrogens is 3. The van der Waals surface area contributed by atoms with Gasteiger partial charge in [-0.3, -0.25) is 9.78 Å². The van der Waals surface area contributed by atoms with Crippen LogP contribution in [0, 0.1) is 6.92 Å². The molecule has 3 N–H and O–H groups in total. The van der Waals surface area contributed by atoms with Gasteiger partial charge in [-0.05, 0) is 42.8 Å². The number of rotatable bonds is 3. The van der Waals surface area contributed by atoms with Crippen molar-refractivity contribution >= 4 is 11.6 Å².